The van der Waals surface area contributed by atoms with Gasteiger partial charge >= 0.3 is 88.0 Å². The molecule has 0 radical (unpaired) electrons. The van der Waals surface area contributed by atoms with Crippen LogP contribution in [0.3, 0.4) is 0 Å². The average molecular weight is 2100 g/mol. The van der Waals surface area contributed by atoms with Crippen molar-refractivity contribution in [1.29, 1.82) is 0 Å². The summed E-state index contributed by atoms with van der Waals surface area (Å²) in [5, 5.41) is 72.3. The lowest BCUT2D eigenvalue weighted by molar-refractivity contribution is -0.154. The minimum Gasteiger partial charge on any atom is -0.536 e. The fraction of sp³-hybridized carbons (Fsp3) is 0.435. The van der Waals surface area contributed by atoms with Gasteiger partial charge in [0, 0.05) is 169 Å². The Balaban J connectivity index is 0.000000164. The highest BCUT2D eigenvalue weighted by molar-refractivity contribution is 7.14. The molecule has 55 heteroatoms. The van der Waals surface area contributed by atoms with Gasteiger partial charge < -0.3 is 123 Å². The van der Waals surface area contributed by atoms with Crippen molar-refractivity contribution in [3.05, 3.63) is 162 Å². The van der Waals surface area contributed by atoms with Gasteiger partial charge in [0.1, 0.15) is 53.7 Å². The lowest BCUT2D eigenvalue weighted by Crippen LogP contribution is -2.59. The second kappa shape index (κ2) is 50.0. The van der Waals surface area contributed by atoms with E-state index in [-0.39, 0.29) is 148 Å². The summed E-state index contributed by atoms with van der Waals surface area (Å²) in [5.74, 6) is -7.72. The molecule has 147 heavy (non-hydrogen) atoms. The molecule has 8 aliphatic rings. The smallest absolute Gasteiger partial charge is 0.526 e. The lowest BCUT2D eigenvalue weighted by atomic mass is 9.64. The number of hydrogen-bond donors (Lipinski definition) is 14. The SMILES string of the molecule is CCN1CCN(C(=O)NC(C(=O)C[C@H]2Cc3cccc(C(C)=O)c3OB2O)c2csc(N)n2)CC1=O.CCN1CCN(C(=O)NC(C(=O)C[C@H]2Cc3cccc(C)c3OB2O)c2csc(NCCN)n2)C(=O)C1=O.COCCN1CCN(C(=O)NC(C(=O)C[C@H]2Cc3cccc(C)c3OB2O)c2csc(N)n2)C(=O)C1=O.Cc1cccc2c1OB(O)[C@@H](CC(=O)C(NC(=O)N1CCN(CCO)C(=O)C1=O)c1csc(N)n1)C2. The third-order valence-electron chi connectivity index (χ3n) is 25.8. The number of aliphatic hydroxyl groups excluding tert-OH is 1. The first-order valence-corrected chi connectivity index (χ1v) is 50.9. The Morgan fingerprint density at radius 1 is 0.442 bits per heavy atom. The average Bonchev–Trinajstić information content (AvgIpc) is 1.55. The van der Waals surface area contributed by atoms with Gasteiger partial charge in [0.15, 0.2) is 49.4 Å². The molecule has 15 amide bonds. The third-order valence-corrected chi connectivity index (χ3v) is 28.7. The molecule has 4 aromatic heterocycles. The number of nitrogens with zero attached hydrogens (tertiary/aromatic N) is 12. The van der Waals surface area contributed by atoms with Crippen molar-refractivity contribution in [1.82, 2.24) is 80.4 Å². The molecule has 18 N–H and O–H groups in total. The van der Waals surface area contributed by atoms with Crippen LogP contribution in [-0.4, -0.2) is 326 Å². The maximum atomic E-state index is 13.6. The van der Waals surface area contributed by atoms with E-state index in [0.717, 1.165) is 92.6 Å². The number of aryl methyl sites for hydroxylation is 3. The number of β-amino-alcohol motifs (C(OH)–C–C–N with tert-alkyl or cyclic N) is 1. The fourth-order valence-corrected chi connectivity index (χ4v) is 20.4. The van der Waals surface area contributed by atoms with Gasteiger partial charge in [-0.2, -0.15) is 0 Å². The first-order chi connectivity index (χ1) is 70.3. The van der Waals surface area contributed by atoms with E-state index in [2.05, 4.69) is 46.5 Å². The molecule has 778 valence electrons. The van der Waals surface area contributed by atoms with Crippen molar-refractivity contribution in [3.63, 3.8) is 0 Å². The number of anilines is 4. The van der Waals surface area contributed by atoms with Crippen molar-refractivity contribution in [2.45, 2.75) is 140 Å². The van der Waals surface area contributed by atoms with Crippen LogP contribution in [0.1, 0.15) is 143 Å². The number of nitrogens with two attached hydrogens (primary N) is 4. The zero-order chi connectivity index (χ0) is 106. The predicted octanol–water partition coefficient (Wildman–Crippen LogP) is 2.44. The second-order valence-corrected chi connectivity index (χ2v) is 39.2. The Bertz CT molecular complexity index is 6280. The van der Waals surface area contributed by atoms with E-state index in [1.807, 2.05) is 82.3 Å². The van der Waals surface area contributed by atoms with Crippen LogP contribution < -0.4 is 68.1 Å². The summed E-state index contributed by atoms with van der Waals surface area (Å²) in [5.41, 5.74) is 30.1. The predicted molar refractivity (Wildman–Crippen MR) is 540 cm³/mol. The van der Waals surface area contributed by atoms with Crippen LogP contribution in [0.25, 0.3) is 0 Å². The molecule has 0 bridgehead atoms. The molecule has 4 unspecified atom stereocenters. The van der Waals surface area contributed by atoms with Crippen molar-refractivity contribution < 1.29 is 125 Å². The maximum Gasteiger partial charge on any atom is 0.526 e. The standard InChI is InChI=1S/C24H31BN6O6S.C23H28BN5O7S.C23H28BN5O6S.C22H26BN5O7S/c1-3-30-9-10-31(22(34)21(30)33)24(35)29-19(17-13-38-23(28-17)27-8-7-26)18(32)12-16-11-15-6-4-5-14(2)20(15)37-25(16)36;1-13-4-3-5-14-10-15(24(34)36-19(13)14)11-17(30)18(16-12-37-22(25)26-16)27-23(33)29-7-6-28(8-9-35-2)20(31)21(29)32;1-3-28-7-8-29(11-19(28)32)23(33)27-20(17-12-36-22(25)26-17)18(31)10-15-9-14-5-4-6-16(13(2)30)21(14)35-24(15)34;1-12-3-2-4-13-9-14(23(34)35-18(12)13)10-16(30)17(15-11-36-21(24)25-15)26-22(33)28-6-5-27(7-8-29)19(31)20(28)32/h4-6,13,16,19,36H,3,7-12,26H2,1-2H3,(H,27,28)(H,29,35);3-5,12,15,18,34H,6-11H2,1-2H3,(H2,25,26)(H,27,33);4-6,12,15,20,34H,3,7-11H2,1-2H3,(H2,25,26)(H,27,33);2-4,11,14,17,29,34H,5-10H2,1H3,(H2,24,25)(H,26,33)/t16-,19?;15-,18?;15-,20?;14-,17?/m1111/s1. The van der Waals surface area contributed by atoms with Gasteiger partial charge in [-0.25, -0.2) is 39.1 Å². The number of nitrogen functional groups attached to an aromatic ring is 3. The molecular weight excluding hydrogens is 1990 g/mol. The normalized spacial score (nSPS) is 18.3. The van der Waals surface area contributed by atoms with Crippen molar-refractivity contribution in [2.75, 3.05) is 141 Å². The second-order valence-electron chi connectivity index (χ2n) is 35.7. The van der Waals surface area contributed by atoms with Crippen LogP contribution in [0.5, 0.6) is 23.0 Å². The summed E-state index contributed by atoms with van der Waals surface area (Å²) >= 11 is 4.56. The third kappa shape index (κ3) is 26.8. The minimum absolute atomic E-state index is 0.0108. The Morgan fingerprint density at radius 2 is 0.776 bits per heavy atom. The zero-order valence-electron chi connectivity index (χ0n) is 81.5. The number of imide groups is 3. The Kier molecular flexibility index (Phi) is 37.5. The highest BCUT2D eigenvalue weighted by Crippen LogP contribution is 2.43. The van der Waals surface area contributed by atoms with Crippen molar-refractivity contribution in [2.24, 2.45) is 5.73 Å². The number of fused-ring (bicyclic) bond motifs is 4. The molecule has 4 fully saturated rings. The Morgan fingerprint density at radius 3 is 1.12 bits per heavy atom. The van der Waals surface area contributed by atoms with Gasteiger partial charge in [0.25, 0.3) is 0 Å². The molecule has 12 heterocycles. The molecular formula is C92H113B4N21O26S4. The number of rotatable bonds is 31. The van der Waals surface area contributed by atoms with E-state index < -0.39 is 153 Å². The number of benzene rings is 4. The number of aliphatic hydroxyl groups is 1. The Hall–Kier alpha value is -13.9. The van der Waals surface area contributed by atoms with Crippen molar-refractivity contribution >= 4 is 189 Å². The van der Waals surface area contributed by atoms with Gasteiger partial charge in [-0.15, -0.1) is 45.3 Å². The van der Waals surface area contributed by atoms with Crippen LogP contribution in [0.2, 0.25) is 23.3 Å². The van der Waals surface area contributed by atoms with Crippen LogP contribution in [0, 0.1) is 20.8 Å². The first-order valence-electron chi connectivity index (χ1n) is 47.4. The van der Waals surface area contributed by atoms with Crippen molar-refractivity contribution in [3.8, 4) is 23.0 Å². The molecule has 0 spiro atoms. The van der Waals surface area contributed by atoms with Crippen LogP contribution in [0.15, 0.2) is 94.3 Å². The number of urea groups is 4. The van der Waals surface area contributed by atoms with E-state index in [4.69, 9.17) is 51.4 Å². The number of piperazine rings is 4. The molecule has 8 atom stereocenters. The van der Waals surface area contributed by atoms with Crippen LogP contribution in [-0.2, 0) is 83.2 Å². The summed E-state index contributed by atoms with van der Waals surface area (Å²) in [7, 11) is -3.47. The number of carbonyl (C=O) groups is 16. The molecule has 8 aliphatic heterocycles. The van der Waals surface area contributed by atoms with E-state index >= 15 is 0 Å². The van der Waals surface area contributed by atoms with E-state index in [0.29, 0.717) is 104 Å². The Labute approximate surface area is 861 Å². The van der Waals surface area contributed by atoms with Crippen LogP contribution >= 0.6 is 45.3 Å². The molecule has 8 aromatic rings. The molecule has 4 saturated heterocycles. The molecule has 16 rings (SSSR count). The quantitative estimate of drug-likeness (QED) is 0.0168. The van der Waals surface area contributed by atoms with Gasteiger partial charge in [0.05, 0.1) is 41.6 Å². The van der Waals surface area contributed by atoms with E-state index in [9.17, 15) is 96.8 Å². The number of amides is 15. The number of likely N-dealkylation sites (N-methyl/N-ethyl adjacent to an activating group) is 2. The summed E-state index contributed by atoms with van der Waals surface area (Å²) in [6, 6.07) is 14.0. The number of aromatic nitrogens is 4. The molecule has 47 nitrogen and oxygen atoms in total. The highest BCUT2D eigenvalue weighted by Gasteiger charge is 2.48. The number of carbonyl (C=O) groups excluding carboxylic acids is 16. The largest absolute Gasteiger partial charge is 0.536 e. The number of ether oxygens (including phenoxy) is 1. The number of ketones is 5. The van der Waals surface area contributed by atoms with E-state index in [1.54, 1.807) is 46.2 Å². The zero-order valence-corrected chi connectivity index (χ0v) is 84.7. The van der Waals surface area contributed by atoms with Crippen LogP contribution in [0.4, 0.5) is 39.7 Å². The summed E-state index contributed by atoms with van der Waals surface area (Å²) in [6.45, 7) is 13.6. The topological polar surface area (TPSA) is 662 Å². The van der Waals surface area contributed by atoms with Gasteiger partial charge in [-0.05, 0) is 112 Å². The number of methoxy groups -OCH3 is 1. The molecule has 0 aliphatic carbocycles. The number of Topliss-reactive ketones (excluding diaryl/α,β-unsaturated/α-hetero) is 5. The number of nitrogens with one attached hydrogen (secondary N) is 5. The number of para-hydroxylation sites is 4. The highest BCUT2D eigenvalue weighted by atomic mass is 32.1. The summed E-state index contributed by atoms with van der Waals surface area (Å²) in [4.78, 5) is 231. The maximum absolute atomic E-state index is 13.6. The number of hydrogen-bond acceptors (Lipinski definition) is 39. The minimum atomic E-state index is -1.31. The molecule has 4 aromatic carbocycles. The van der Waals surface area contributed by atoms with Gasteiger partial charge in [-0.3, -0.25) is 72.2 Å². The van der Waals surface area contributed by atoms with Gasteiger partial charge in [-0.1, -0.05) is 66.7 Å². The fourth-order valence-electron chi connectivity index (χ4n) is 17.8. The molecule has 0 saturated carbocycles. The summed E-state index contributed by atoms with van der Waals surface area (Å²) in [6.07, 6.45) is 1.02. The first kappa shape index (κ1) is 110. The number of thiazole rings is 4. The monoisotopic (exact) mass is 2100 g/mol. The van der Waals surface area contributed by atoms with E-state index in [1.165, 1.54) is 45.5 Å². The van der Waals surface area contributed by atoms with Gasteiger partial charge in [0.2, 0.25) is 5.91 Å². The summed E-state index contributed by atoms with van der Waals surface area (Å²) < 4.78 is 27.7. The lowest BCUT2D eigenvalue weighted by Gasteiger charge is -2.34.